The minimum absolute atomic E-state index is 0.0557. The van der Waals surface area contributed by atoms with E-state index in [2.05, 4.69) is 0 Å². The Morgan fingerprint density at radius 3 is 1.96 bits per heavy atom. The quantitative estimate of drug-likeness (QED) is 0.434. The topological polar surface area (TPSA) is 113 Å². The zero-order valence-corrected chi connectivity index (χ0v) is 17.5. The lowest BCUT2D eigenvalue weighted by Gasteiger charge is -2.34. The summed E-state index contributed by atoms with van der Waals surface area (Å²) in [7, 11) is -5.96. The Morgan fingerprint density at radius 2 is 1.59 bits per heavy atom. The fourth-order valence-corrected chi connectivity index (χ4v) is 6.76. The van der Waals surface area contributed by atoms with Gasteiger partial charge in [-0.25, -0.2) is 21.6 Å². The van der Waals surface area contributed by atoms with Crippen molar-refractivity contribution in [2.45, 2.75) is 17.1 Å². The summed E-state index contributed by atoms with van der Waals surface area (Å²) in [6.07, 6.45) is 1.73. The lowest BCUT2D eigenvalue weighted by Crippen LogP contribution is -2.49. The van der Waals surface area contributed by atoms with Crippen molar-refractivity contribution in [1.82, 2.24) is 0 Å². The molecule has 10 heteroatoms. The van der Waals surface area contributed by atoms with Gasteiger partial charge in [0.05, 0.1) is 13.7 Å². The minimum Gasteiger partial charge on any atom is -0.497 e. The second-order valence-corrected chi connectivity index (χ2v) is 10.4. The highest BCUT2D eigenvalue weighted by Gasteiger charge is 2.56. The molecule has 0 spiro atoms. The molecule has 0 aliphatic carbocycles. The predicted molar refractivity (Wildman–Crippen MR) is 101 cm³/mol. The molecule has 152 valence electrons. The van der Waals surface area contributed by atoms with E-state index in [-0.39, 0.29) is 12.2 Å². The second kappa shape index (κ2) is 8.85. The molecule has 1 aromatic carbocycles. The molecule has 0 radical (unpaired) electrons. The maximum atomic E-state index is 12.7. The highest BCUT2D eigenvalue weighted by molar-refractivity contribution is 8.10. The number of hydrogen-bond acceptors (Lipinski definition) is 8. The molecule has 0 heterocycles. The number of hydrogen-bond donors (Lipinski definition) is 0. The van der Waals surface area contributed by atoms with Gasteiger partial charge in [-0.15, -0.1) is 0 Å². The van der Waals surface area contributed by atoms with Gasteiger partial charge in [-0.3, -0.25) is 0 Å². The summed E-state index contributed by atoms with van der Waals surface area (Å²) in [5.41, 5.74) is 0.280. The van der Waals surface area contributed by atoms with Crippen molar-refractivity contribution in [3.05, 3.63) is 42.0 Å². The molecule has 0 aromatic heterocycles. The summed E-state index contributed by atoms with van der Waals surface area (Å²) in [6, 6.07) is 6.09. The lowest BCUT2D eigenvalue weighted by molar-refractivity contribution is -0.137. The molecule has 1 rings (SSSR count). The van der Waals surface area contributed by atoms with Crippen molar-refractivity contribution >= 4 is 25.6 Å². The predicted octanol–water partition coefficient (Wildman–Crippen LogP) is 1.29. The molecule has 1 unspecified atom stereocenters. The Bertz CT molecular complexity index is 851. The molecule has 8 nitrogen and oxygen atoms in total. The van der Waals surface area contributed by atoms with E-state index in [0.717, 1.165) is 24.7 Å². The van der Waals surface area contributed by atoms with Crippen molar-refractivity contribution in [3.8, 4) is 5.75 Å². The first kappa shape index (κ1) is 23.1. The summed E-state index contributed by atoms with van der Waals surface area (Å²) < 4.78 is 63.3. The van der Waals surface area contributed by atoms with Gasteiger partial charge in [0, 0.05) is 25.7 Å². The van der Waals surface area contributed by atoms with E-state index in [1.807, 2.05) is 0 Å². The summed E-state index contributed by atoms with van der Waals surface area (Å²) >= 11 is 0. The molecular weight excluding hydrogens is 396 g/mol. The van der Waals surface area contributed by atoms with Crippen LogP contribution in [-0.4, -0.2) is 60.2 Å². The fourth-order valence-electron chi connectivity index (χ4n) is 2.68. The number of methoxy groups -OCH3 is 2. The molecular formula is C17H24O8S2. The number of carbonyl (C=O) groups is 1. The maximum Gasteiger partial charge on any atom is 0.330 e. The third kappa shape index (κ3) is 4.88. The SMILES string of the molecule is CCOC(=O)C=CC(C(OC)c1ccc(OC)cc1)(S(C)(=O)=O)S(C)(=O)=O. The minimum atomic E-state index is -4.31. The van der Waals surface area contributed by atoms with Crippen LogP contribution < -0.4 is 4.74 Å². The van der Waals surface area contributed by atoms with E-state index in [4.69, 9.17) is 14.2 Å². The standard InChI is InChI=1S/C17H24O8S2/c1-6-25-15(18)11-12-17(26(4,19)20,27(5,21)22)16(24-3)13-7-9-14(23-2)10-8-13/h7-12,16H,6H2,1-5H3. The summed E-state index contributed by atoms with van der Waals surface area (Å²) in [5, 5.41) is 0. The number of carbonyl (C=O) groups excluding carboxylic acids is 1. The normalized spacial score (nSPS) is 14.1. The van der Waals surface area contributed by atoms with Gasteiger partial charge >= 0.3 is 5.97 Å². The Balaban J connectivity index is 3.74. The van der Waals surface area contributed by atoms with E-state index >= 15 is 0 Å². The summed E-state index contributed by atoms with van der Waals surface area (Å²) in [4.78, 5) is 11.7. The fraction of sp³-hybridized carbons (Fsp3) is 0.471. The van der Waals surface area contributed by atoms with Crippen LogP contribution in [0.2, 0.25) is 0 Å². The van der Waals surface area contributed by atoms with Crippen LogP contribution in [0.4, 0.5) is 0 Å². The third-order valence-corrected chi connectivity index (χ3v) is 8.75. The van der Waals surface area contributed by atoms with Crippen LogP contribution in [-0.2, 0) is 33.9 Å². The number of esters is 1. The first-order chi connectivity index (χ1) is 12.4. The molecule has 0 N–H and O–H groups in total. The molecule has 0 amide bonds. The van der Waals surface area contributed by atoms with Crippen LogP contribution in [0.3, 0.4) is 0 Å². The Hall–Kier alpha value is -1.91. The maximum absolute atomic E-state index is 12.7. The third-order valence-electron chi connectivity index (χ3n) is 3.92. The molecule has 1 atom stereocenters. The zero-order valence-electron chi connectivity index (χ0n) is 15.8. The Labute approximate surface area is 160 Å². The zero-order chi connectivity index (χ0) is 20.9. The number of sulfone groups is 2. The smallest absolute Gasteiger partial charge is 0.330 e. The first-order valence-corrected chi connectivity index (χ1v) is 11.6. The van der Waals surface area contributed by atoms with Gasteiger partial charge in [0.1, 0.15) is 11.9 Å². The molecule has 1 aromatic rings. The van der Waals surface area contributed by atoms with Crippen molar-refractivity contribution in [2.75, 3.05) is 33.3 Å². The summed E-state index contributed by atoms with van der Waals surface area (Å²) in [6.45, 7) is 1.63. The monoisotopic (exact) mass is 420 g/mol. The molecule has 0 saturated carbocycles. The molecule has 0 aliphatic rings. The van der Waals surface area contributed by atoms with Crippen molar-refractivity contribution in [3.63, 3.8) is 0 Å². The average Bonchev–Trinajstić information content (AvgIpc) is 2.56. The van der Waals surface area contributed by atoms with Gasteiger partial charge < -0.3 is 14.2 Å². The van der Waals surface area contributed by atoms with E-state index < -0.39 is 35.8 Å². The van der Waals surface area contributed by atoms with Crippen LogP contribution in [0.15, 0.2) is 36.4 Å². The van der Waals surface area contributed by atoms with Gasteiger partial charge in [0.25, 0.3) is 0 Å². The van der Waals surface area contributed by atoms with Crippen molar-refractivity contribution < 1.29 is 35.8 Å². The van der Waals surface area contributed by atoms with E-state index in [9.17, 15) is 21.6 Å². The largest absolute Gasteiger partial charge is 0.497 e. The van der Waals surface area contributed by atoms with Gasteiger partial charge in [-0.05, 0) is 30.7 Å². The van der Waals surface area contributed by atoms with Crippen LogP contribution >= 0.6 is 0 Å². The molecule has 0 bridgehead atoms. The number of ether oxygens (including phenoxy) is 3. The summed E-state index contributed by atoms with van der Waals surface area (Å²) in [5.74, 6) is -0.362. The highest BCUT2D eigenvalue weighted by atomic mass is 32.3. The molecule has 0 fully saturated rings. The van der Waals surface area contributed by atoms with Crippen LogP contribution in [0.1, 0.15) is 18.6 Å². The van der Waals surface area contributed by atoms with Gasteiger partial charge in [-0.1, -0.05) is 12.1 Å². The average molecular weight is 421 g/mol. The Kier molecular flexibility index (Phi) is 7.58. The molecule has 0 saturated heterocycles. The van der Waals surface area contributed by atoms with Gasteiger partial charge in [0.2, 0.25) is 4.08 Å². The van der Waals surface area contributed by atoms with E-state index in [0.29, 0.717) is 5.75 Å². The van der Waals surface area contributed by atoms with E-state index in [1.54, 1.807) is 19.1 Å². The molecule has 0 aliphatic heterocycles. The van der Waals surface area contributed by atoms with Crippen LogP contribution in [0.5, 0.6) is 5.75 Å². The van der Waals surface area contributed by atoms with Gasteiger partial charge in [0.15, 0.2) is 19.7 Å². The lowest BCUT2D eigenvalue weighted by atomic mass is 10.0. The molecule has 27 heavy (non-hydrogen) atoms. The van der Waals surface area contributed by atoms with Crippen molar-refractivity contribution in [2.24, 2.45) is 0 Å². The van der Waals surface area contributed by atoms with Gasteiger partial charge in [-0.2, -0.15) is 0 Å². The van der Waals surface area contributed by atoms with E-state index in [1.165, 1.54) is 26.4 Å². The van der Waals surface area contributed by atoms with Crippen LogP contribution in [0, 0.1) is 0 Å². The number of rotatable bonds is 9. The first-order valence-electron chi connectivity index (χ1n) is 7.86. The van der Waals surface area contributed by atoms with Crippen molar-refractivity contribution in [1.29, 1.82) is 0 Å². The highest BCUT2D eigenvalue weighted by Crippen LogP contribution is 2.41. The second-order valence-electron chi connectivity index (χ2n) is 5.74. The van der Waals surface area contributed by atoms with Crippen LogP contribution in [0.25, 0.3) is 0 Å². The Morgan fingerprint density at radius 1 is 1.07 bits per heavy atom. The number of benzene rings is 1.